The predicted octanol–water partition coefficient (Wildman–Crippen LogP) is 4.40. The van der Waals surface area contributed by atoms with Crippen LogP contribution in [-0.4, -0.2) is 49.6 Å². The van der Waals surface area contributed by atoms with Crippen LogP contribution in [0.15, 0.2) is 71.7 Å². The molecule has 2 atom stereocenters. The summed E-state index contributed by atoms with van der Waals surface area (Å²) in [5.74, 6) is 0.891. The van der Waals surface area contributed by atoms with Crippen molar-refractivity contribution in [2.24, 2.45) is 4.99 Å². The monoisotopic (exact) mass is 545 g/mol. The maximum absolute atomic E-state index is 4.47. The smallest absolute Gasteiger partial charge is 0.191 e. The molecule has 2 aliphatic rings. The fourth-order valence-electron chi connectivity index (χ4n) is 4.53. The molecule has 1 fully saturated rings. The van der Waals surface area contributed by atoms with Gasteiger partial charge < -0.3 is 15.5 Å². The Balaban J connectivity index is 0.00000289. The molecule has 2 heterocycles. The van der Waals surface area contributed by atoms with Crippen molar-refractivity contribution in [2.75, 3.05) is 31.6 Å². The zero-order valence-corrected chi connectivity index (χ0v) is 21.5. The minimum Gasteiger partial charge on any atom is -0.364 e. The van der Waals surface area contributed by atoms with Crippen molar-refractivity contribution < 1.29 is 0 Å². The van der Waals surface area contributed by atoms with E-state index < -0.39 is 0 Å². The topological polar surface area (TPSA) is 42.9 Å². The first kappa shape index (κ1) is 24.6. The van der Waals surface area contributed by atoms with Gasteiger partial charge in [0, 0.05) is 57.5 Å². The molecule has 2 aromatic carbocycles. The number of benzene rings is 2. The fourth-order valence-corrected chi connectivity index (χ4v) is 4.53. The number of guanidine groups is 1. The number of hydrogen-bond acceptors (Lipinski definition) is 3. The van der Waals surface area contributed by atoms with Crippen molar-refractivity contribution in [1.29, 1.82) is 0 Å². The SMILES string of the molecule is CN=C(NCc1cccc(N2CC=CC2)c1)NC1CCN(Cc2ccccc2)C(C)C1.I. The molecule has 1 saturated heterocycles. The van der Waals surface area contributed by atoms with Crippen molar-refractivity contribution >= 4 is 35.6 Å². The van der Waals surface area contributed by atoms with Gasteiger partial charge in [-0.3, -0.25) is 9.89 Å². The van der Waals surface area contributed by atoms with E-state index in [1.165, 1.54) is 16.8 Å². The highest BCUT2D eigenvalue weighted by atomic mass is 127. The molecule has 2 aliphatic heterocycles. The summed E-state index contributed by atoms with van der Waals surface area (Å²) in [4.78, 5) is 9.43. The molecule has 32 heavy (non-hydrogen) atoms. The van der Waals surface area contributed by atoms with Crippen molar-refractivity contribution in [1.82, 2.24) is 15.5 Å². The highest BCUT2D eigenvalue weighted by Crippen LogP contribution is 2.20. The predicted molar refractivity (Wildman–Crippen MR) is 146 cm³/mol. The van der Waals surface area contributed by atoms with Gasteiger partial charge >= 0.3 is 0 Å². The number of nitrogens with zero attached hydrogens (tertiary/aromatic N) is 3. The van der Waals surface area contributed by atoms with E-state index in [1.54, 1.807) is 0 Å². The van der Waals surface area contributed by atoms with Crippen LogP contribution < -0.4 is 15.5 Å². The fraction of sp³-hybridized carbons (Fsp3) is 0.423. The van der Waals surface area contributed by atoms with Crippen LogP contribution in [0.5, 0.6) is 0 Å². The van der Waals surface area contributed by atoms with Crippen molar-refractivity contribution in [3.05, 3.63) is 77.9 Å². The van der Waals surface area contributed by atoms with E-state index in [4.69, 9.17) is 0 Å². The van der Waals surface area contributed by atoms with Crippen molar-refractivity contribution in [2.45, 2.75) is 44.9 Å². The maximum atomic E-state index is 4.47. The summed E-state index contributed by atoms with van der Waals surface area (Å²) in [6.45, 7) is 7.26. The molecule has 172 valence electrons. The number of anilines is 1. The standard InChI is InChI=1S/C26H35N5.HI/c1-21-17-24(13-16-31(21)20-22-9-4-3-5-10-22)29-26(27-2)28-19-23-11-8-12-25(18-23)30-14-6-7-15-30;/h3-12,18,21,24H,13-17,19-20H2,1-2H3,(H2,27,28,29);1H. The van der Waals surface area contributed by atoms with Gasteiger partial charge in [0.05, 0.1) is 0 Å². The highest BCUT2D eigenvalue weighted by Gasteiger charge is 2.26. The van der Waals surface area contributed by atoms with Crippen molar-refractivity contribution in [3.63, 3.8) is 0 Å². The summed E-state index contributed by atoms with van der Waals surface area (Å²) in [5.41, 5.74) is 3.95. The lowest BCUT2D eigenvalue weighted by atomic mass is 9.97. The van der Waals surface area contributed by atoms with Crippen LogP contribution in [0.2, 0.25) is 0 Å². The molecular formula is C26H36IN5. The van der Waals surface area contributed by atoms with E-state index in [0.29, 0.717) is 12.1 Å². The lowest BCUT2D eigenvalue weighted by Gasteiger charge is -2.38. The lowest BCUT2D eigenvalue weighted by Crippen LogP contribution is -2.51. The molecule has 0 aromatic heterocycles. The van der Waals surface area contributed by atoms with Gasteiger partial charge in [0.2, 0.25) is 0 Å². The summed E-state index contributed by atoms with van der Waals surface area (Å²) < 4.78 is 0. The molecule has 5 nitrogen and oxygen atoms in total. The summed E-state index contributed by atoms with van der Waals surface area (Å²) >= 11 is 0. The van der Waals surface area contributed by atoms with E-state index in [9.17, 15) is 0 Å². The molecule has 2 N–H and O–H groups in total. The first-order chi connectivity index (χ1) is 15.2. The Kier molecular flexibility index (Phi) is 9.41. The van der Waals surface area contributed by atoms with Gasteiger partial charge in [0.25, 0.3) is 0 Å². The third-order valence-corrected chi connectivity index (χ3v) is 6.36. The van der Waals surface area contributed by atoms with Crippen LogP contribution in [0, 0.1) is 0 Å². The normalized spacial score (nSPS) is 21.3. The number of aliphatic imine (C=N–C) groups is 1. The molecule has 0 spiro atoms. The number of nitrogens with one attached hydrogen (secondary N) is 2. The van der Waals surface area contributed by atoms with Crippen LogP contribution in [0.1, 0.15) is 30.9 Å². The van der Waals surface area contributed by atoms with E-state index in [1.807, 2.05) is 7.05 Å². The van der Waals surface area contributed by atoms with Gasteiger partial charge in [0.15, 0.2) is 5.96 Å². The average molecular weight is 546 g/mol. The molecule has 4 rings (SSSR count). The van der Waals surface area contributed by atoms with Crippen LogP contribution in [0.4, 0.5) is 5.69 Å². The minimum atomic E-state index is 0. The number of piperidine rings is 1. The molecule has 0 aliphatic carbocycles. The highest BCUT2D eigenvalue weighted by molar-refractivity contribution is 14.0. The molecule has 0 bridgehead atoms. The largest absolute Gasteiger partial charge is 0.364 e. The first-order valence-corrected chi connectivity index (χ1v) is 11.5. The van der Waals surface area contributed by atoms with Gasteiger partial charge in [-0.05, 0) is 43.0 Å². The number of hydrogen-bond donors (Lipinski definition) is 2. The van der Waals surface area contributed by atoms with E-state index >= 15 is 0 Å². The molecular weight excluding hydrogens is 509 g/mol. The zero-order chi connectivity index (χ0) is 21.5. The van der Waals surface area contributed by atoms with Gasteiger partial charge in [-0.25, -0.2) is 0 Å². The minimum absolute atomic E-state index is 0. The molecule has 2 aromatic rings. The van der Waals surface area contributed by atoms with Gasteiger partial charge in [-0.15, -0.1) is 24.0 Å². The second-order valence-corrected chi connectivity index (χ2v) is 8.64. The zero-order valence-electron chi connectivity index (χ0n) is 19.2. The third kappa shape index (κ3) is 6.72. The Bertz CT molecular complexity index is 890. The Morgan fingerprint density at radius 2 is 1.78 bits per heavy atom. The number of likely N-dealkylation sites (tertiary alicyclic amines) is 1. The summed E-state index contributed by atoms with van der Waals surface area (Å²) in [5, 5.41) is 7.16. The van der Waals surface area contributed by atoms with Crippen LogP contribution in [0.25, 0.3) is 0 Å². The quantitative estimate of drug-likeness (QED) is 0.245. The number of rotatable bonds is 6. The molecule has 0 saturated carbocycles. The van der Waals surface area contributed by atoms with Crippen LogP contribution >= 0.6 is 24.0 Å². The van der Waals surface area contributed by atoms with Gasteiger partial charge in [-0.2, -0.15) is 0 Å². The first-order valence-electron chi connectivity index (χ1n) is 11.5. The van der Waals surface area contributed by atoms with E-state index in [-0.39, 0.29) is 24.0 Å². The number of halogens is 1. The Labute approximate surface area is 210 Å². The van der Waals surface area contributed by atoms with Crippen molar-refractivity contribution in [3.8, 4) is 0 Å². The Morgan fingerprint density at radius 1 is 1.03 bits per heavy atom. The summed E-state index contributed by atoms with van der Waals surface area (Å²) in [6.07, 6.45) is 6.71. The molecule has 0 amide bonds. The molecule has 2 unspecified atom stereocenters. The summed E-state index contributed by atoms with van der Waals surface area (Å²) in [7, 11) is 1.86. The second-order valence-electron chi connectivity index (χ2n) is 8.64. The van der Waals surface area contributed by atoms with Crippen LogP contribution in [-0.2, 0) is 13.1 Å². The van der Waals surface area contributed by atoms with Gasteiger partial charge in [0.1, 0.15) is 0 Å². The Hall–Kier alpha value is -2.06. The maximum Gasteiger partial charge on any atom is 0.191 e. The molecule has 0 radical (unpaired) electrons. The summed E-state index contributed by atoms with van der Waals surface area (Å²) in [6, 6.07) is 20.6. The van der Waals surface area contributed by atoms with E-state index in [0.717, 1.165) is 51.5 Å². The Morgan fingerprint density at radius 3 is 2.50 bits per heavy atom. The van der Waals surface area contributed by atoms with E-state index in [2.05, 4.69) is 99.1 Å². The molecule has 6 heteroatoms. The van der Waals surface area contributed by atoms with Gasteiger partial charge in [-0.1, -0.05) is 54.6 Å². The third-order valence-electron chi connectivity index (χ3n) is 6.36. The van der Waals surface area contributed by atoms with Crippen LogP contribution in [0.3, 0.4) is 0 Å². The second kappa shape index (κ2) is 12.3. The lowest BCUT2D eigenvalue weighted by molar-refractivity contribution is 0.134. The average Bonchev–Trinajstić information content (AvgIpc) is 3.34.